The number of carbonyl (C=O) groups is 1. The van der Waals surface area contributed by atoms with Gasteiger partial charge in [0.2, 0.25) is 0 Å². The second-order valence-corrected chi connectivity index (χ2v) is 11.1. The van der Waals surface area contributed by atoms with Crippen molar-refractivity contribution in [2.75, 3.05) is 5.32 Å². The summed E-state index contributed by atoms with van der Waals surface area (Å²) in [6, 6.07) is 35.8. The molecule has 212 valence electrons. The van der Waals surface area contributed by atoms with Crippen LogP contribution in [0.1, 0.15) is 32.6 Å². The first kappa shape index (κ1) is 27.9. The molecule has 2 N–H and O–H groups in total. The van der Waals surface area contributed by atoms with Crippen molar-refractivity contribution in [1.82, 2.24) is 10.4 Å². The summed E-state index contributed by atoms with van der Waals surface area (Å²) in [5.74, 6) is 0.395. The molecule has 0 aliphatic rings. The zero-order valence-electron chi connectivity index (χ0n) is 23.9. The van der Waals surface area contributed by atoms with Crippen LogP contribution in [0.25, 0.3) is 22.0 Å². The first-order valence-corrected chi connectivity index (χ1v) is 14.8. The van der Waals surface area contributed by atoms with E-state index >= 15 is 0 Å². The molecule has 43 heavy (non-hydrogen) atoms. The molecular formula is C36H30N4O2S. The first-order chi connectivity index (χ1) is 21.0. The lowest BCUT2D eigenvalue weighted by atomic mass is 10.0. The number of aromatic nitrogens is 1. The third kappa shape index (κ3) is 6.80. The van der Waals surface area contributed by atoms with Crippen molar-refractivity contribution in [2.45, 2.75) is 20.5 Å². The van der Waals surface area contributed by atoms with Crippen LogP contribution in [-0.2, 0) is 6.61 Å². The molecule has 1 aromatic heterocycles. The van der Waals surface area contributed by atoms with Gasteiger partial charge >= 0.3 is 0 Å². The maximum atomic E-state index is 12.9. The average Bonchev–Trinajstić information content (AvgIpc) is 3.51. The summed E-state index contributed by atoms with van der Waals surface area (Å²) in [5, 5.41) is 12.5. The molecule has 0 saturated carbocycles. The molecule has 0 spiro atoms. The first-order valence-electron chi connectivity index (χ1n) is 13.9. The van der Waals surface area contributed by atoms with E-state index in [1.165, 1.54) is 22.5 Å². The number of fused-ring (bicyclic) bond motifs is 1. The molecule has 0 aliphatic carbocycles. The van der Waals surface area contributed by atoms with Crippen molar-refractivity contribution >= 4 is 45.0 Å². The number of nitrogens with one attached hydrogen (secondary N) is 2. The van der Waals surface area contributed by atoms with E-state index in [4.69, 9.17) is 9.72 Å². The van der Waals surface area contributed by atoms with Crippen LogP contribution in [-0.4, -0.2) is 17.1 Å². The van der Waals surface area contributed by atoms with Gasteiger partial charge in [-0.3, -0.25) is 4.79 Å². The SMILES string of the molecule is Cc1ccc(COc2ccc3ccccc3c2/C=N\NC(=O)c2ccc(-c3csc(Nc4ccc(C)cc4)n3)cc2)cc1. The number of nitrogens with zero attached hydrogens (tertiary/aromatic N) is 2. The fourth-order valence-corrected chi connectivity index (χ4v) is 5.36. The van der Waals surface area contributed by atoms with Gasteiger partial charge in [0.05, 0.1) is 11.9 Å². The van der Waals surface area contributed by atoms with Gasteiger partial charge in [0, 0.05) is 27.8 Å². The lowest BCUT2D eigenvalue weighted by Gasteiger charge is -2.12. The number of carbonyl (C=O) groups excluding carboxylic acids is 1. The van der Waals surface area contributed by atoms with Crippen LogP contribution in [0.4, 0.5) is 10.8 Å². The Hall–Kier alpha value is -5.27. The molecule has 6 nitrogen and oxygen atoms in total. The molecular weight excluding hydrogens is 552 g/mol. The molecule has 0 unspecified atom stereocenters. The highest BCUT2D eigenvalue weighted by Gasteiger charge is 2.10. The minimum Gasteiger partial charge on any atom is -0.488 e. The van der Waals surface area contributed by atoms with E-state index in [-0.39, 0.29) is 5.91 Å². The Morgan fingerprint density at radius 3 is 2.35 bits per heavy atom. The number of hydrogen-bond acceptors (Lipinski definition) is 6. The van der Waals surface area contributed by atoms with E-state index in [2.05, 4.69) is 66.1 Å². The number of rotatable bonds is 9. The van der Waals surface area contributed by atoms with E-state index in [1.54, 1.807) is 18.3 Å². The molecule has 0 saturated heterocycles. The van der Waals surface area contributed by atoms with Gasteiger partial charge in [-0.2, -0.15) is 5.10 Å². The maximum Gasteiger partial charge on any atom is 0.271 e. The second kappa shape index (κ2) is 12.7. The minimum atomic E-state index is -0.301. The average molecular weight is 583 g/mol. The Morgan fingerprint density at radius 1 is 0.860 bits per heavy atom. The number of amides is 1. The number of thiazole rings is 1. The van der Waals surface area contributed by atoms with E-state index in [1.807, 2.05) is 66.0 Å². The van der Waals surface area contributed by atoms with Gasteiger partial charge in [-0.1, -0.05) is 90.0 Å². The molecule has 7 heteroatoms. The summed E-state index contributed by atoms with van der Waals surface area (Å²) in [6.07, 6.45) is 1.65. The minimum absolute atomic E-state index is 0.301. The number of aryl methyl sites for hydroxylation is 2. The monoisotopic (exact) mass is 582 g/mol. The zero-order valence-corrected chi connectivity index (χ0v) is 24.7. The molecule has 1 heterocycles. The maximum absolute atomic E-state index is 12.9. The normalized spacial score (nSPS) is 11.1. The lowest BCUT2D eigenvalue weighted by molar-refractivity contribution is 0.0955. The summed E-state index contributed by atoms with van der Waals surface area (Å²) >= 11 is 1.54. The fourth-order valence-electron chi connectivity index (χ4n) is 4.62. The van der Waals surface area contributed by atoms with Crippen LogP contribution >= 0.6 is 11.3 Å². The Morgan fingerprint density at radius 2 is 1.58 bits per heavy atom. The van der Waals surface area contributed by atoms with Crippen molar-refractivity contribution < 1.29 is 9.53 Å². The number of hydrazone groups is 1. The quantitative estimate of drug-likeness (QED) is 0.132. The summed E-state index contributed by atoms with van der Waals surface area (Å²) in [7, 11) is 0. The Bertz CT molecular complexity index is 1890. The third-order valence-electron chi connectivity index (χ3n) is 7.06. The lowest BCUT2D eigenvalue weighted by Crippen LogP contribution is -2.17. The van der Waals surface area contributed by atoms with Crippen LogP contribution in [0.5, 0.6) is 5.75 Å². The zero-order chi connectivity index (χ0) is 29.6. The van der Waals surface area contributed by atoms with Crippen molar-refractivity contribution in [1.29, 1.82) is 0 Å². The van der Waals surface area contributed by atoms with Crippen molar-refractivity contribution in [3.63, 3.8) is 0 Å². The summed E-state index contributed by atoms with van der Waals surface area (Å²) in [6.45, 7) is 4.56. The standard InChI is InChI=1S/C36H30N4O2S/c1-24-7-11-26(12-8-24)22-42-34-20-17-27-5-3-4-6-31(27)32(34)21-37-40-35(41)29-15-13-28(14-16-29)33-23-43-36(39-33)38-30-18-9-25(2)10-19-30/h3-21,23H,22H2,1-2H3,(H,38,39)(H,40,41)/b37-21-. The van der Waals surface area contributed by atoms with E-state index in [0.717, 1.165) is 44.0 Å². The number of anilines is 2. The van der Waals surface area contributed by atoms with Crippen molar-refractivity contribution in [3.05, 3.63) is 142 Å². The van der Waals surface area contributed by atoms with Crippen molar-refractivity contribution in [3.8, 4) is 17.0 Å². The largest absolute Gasteiger partial charge is 0.488 e. The molecule has 6 rings (SSSR count). The molecule has 0 bridgehead atoms. The highest BCUT2D eigenvalue weighted by atomic mass is 32.1. The van der Waals surface area contributed by atoms with Gasteiger partial charge in [0.1, 0.15) is 12.4 Å². The van der Waals surface area contributed by atoms with Gasteiger partial charge in [-0.15, -0.1) is 11.3 Å². The van der Waals surface area contributed by atoms with E-state index in [0.29, 0.717) is 17.9 Å². The van der Waals surface area contributed by atoms with Crippen LogP contribution in [0, 0.1) is 13.8 Å². The predicted molar refractivity (Wildman–Crippen MR) is 177 cm³/mol. The second-order valence-electron chi connectivity index (χ2n) is 10.3. The third-order valence-corrected chi connectivity index (χ3v) is 7.81. The van der Waals surface area contributed by atoms with Gasteiger partial charge < -0.3 is 10.1 Å². The van der Waals surface area contributed by atoms with Crippen LogP contribution in [0.15, 0.2) is 120 Å². The Balaban J connectivity index is 1.13. The highest BCUT2D eigenvalue weighted by Crippen LogP contribution is 2.29. The molecule has 0 radical (unpaired) electrons. The molecule has 6 aromatic rings. The van der Waals surface area contributed by atoms with Crippen LogP contribution in [0.2, 0.25) is 0 Å². The summed E-state index contributed by atoms with van der Waals surface area (Å²) < 4.78 is 6.19. The smallest absolute Gasteiger partial charge is 0.271 e. The molecule has 5 aromatic carbocycles. The number of hydrogen-bond donors (Lipinski definition) is 2. The van der Waals surface area contributed by atoms with Crippen LogP contribution < -0.4 is 15.5 Å². The van der Waals surface area contributed by atoms with Gasteiger partial charge in [0.15, 0.2) is 5.13 Å². The highest BCUT2D eigenvalue weighted by molar-refractivity contribution is 7.14. The van der Waals surface area contributed by atoms with Gasteiger partial charge in [-0.05, 0) is 60.5 Å². The van der Waals surface area contributed by atoms with E-state index in [9.17, 15) is 4.79 Å². The number of benzene rings is 5. The molecule has 0 aliphatic heterocycles. The fraction of sp³-hybridized carbons (Fsp3) is 0.0833. The Kier molecular flexibility index (Phi) is 8.24. The van der Waals surface area contributed by atoms with Gasteiger partial charge in [-0.25, -0.2) is 10.4 Å². The number of ether oxygens (including phenoxy) is 1. The summed E-state index contributed by atoms with van der Waals surface area (Å²) in [4.78, 5) is 17.6. The Labute approximate surface area is 254 Å². The van der Waals surface area contributed by atoms with Crippen LogP contribution in [0.3, 0.4) is 0 Å². The summed E-state index contributed by atoms with van der Waals surface area (Å²) in [5.41, 5.74) is 10.2. The van der Waals surface area contributed by atoms with E-state index < -0.39 is 0 Å². The van der Waals surface area contributed by atoms with Gasteiger partial charge in [0.25, 0.3) is 5.91 Å². The molecule has 1 amide bonds. The topological polar surface area (TPSA) is 75.6 Å². The molecule has 0 atom stereocenters. The molecule has 0 fully saturated rings. The predicted octanol–water partition coefficient (Wildman–Crippen LogP) is 8.67. The van der Waals surface area contributed by atoms with Crippen molar-refractivity contribution in [2.24, 2.45) is 5.10 Å².